The maximum absolute atomic E-state index is 12.8. The van der Waals surface area contributed by atoms with Gasteiger partial charge >= 0.3 is 6.18 Å². The molecule has 0 aliphatic heterocycles. The molecule has 1 N–H and O–H groups in total. The number of rotatable bonds is 1. The molecule has 7 heteroatoms. The second-order valence-corrected chi connectivity index (χ2v) is 4.40. The van der Waals surface area contributed by atoms with Gasteiger partial charge in [-0.15, -0.1) is 0 Å². The molecule has 0 spiro atoms. The van der Waals surface area contributed by atoms with E-state index in [9.17, 15) is 18.0 Å². The molecule has 21 heavy (non-hydrogen) atoms. The smallest absolute Gasteiger partial charge is 0.328 e. The Kier molecular flexibility index (Phi) is 2.97. The summed E-state index contributed by atoms with van der Waals surface area (Å²) in [5.74, 6) is 0. The third-order valence-electron chi connectivity index (χ3n) is 3.07. The van der Waals surface area contributed by atoms with Crippen molar-refractivity contribution in [3.05, 3.63) is 58.6 Å². The number of pyridine rings is 1. The van der Waals surface area contributed by atoms with Crippen LogP contribution in [0.2, 0.25) is 0 Å². The van der Waals surface area contributed by atoms with Crippen LogP contribution >= 0.6 is 0 Å². The number of aromatic nitrogens is 3. The minimum atomic E-state index is -4.71. The van der Waals surface area contributed by atoms with Gasteiger partial charge in [-0.1, -0.05) is 18.2 Å². The van der Waals surface area contributed by atoms with Crippen LogP contribution in [-0.4, -0.2) is 15.2 Å². The van der Waals surface area contributed by atoms with E-state index in [0.29, 0.717) is 16.5 Å². The highest BCUT2D eigenvalue weighted by Crippen LogP contribution is 2.31. The van der Waals surface area contributed by atoms with E-state index in [1.54, 1.807) is 24.3 Å². The van der Waals surface area contributed by atoms with Gasteiger partial charge in [0.25, 0.3) is 5.56 Å². The number of benzene rings is 1. The number of nitrogens with zero attached hydrogens (tertiary/aromatic N) is 2. The summed E-state index contributed by atoms with van der Waals surface area (Å²) >= 11 is 0. The Hall–Kier alpha value is -2.70. The second kappa shape index (κ2) is 4.69. The predicted octanol–water partition coefficient (Wildman–Crippen LogP) is 3.00. The molecule has 0 bridgehead atoms. The number of halogens is 3. The first-order valence-electron chi connectivity index (χ1n) is 5.97. The van der Waals surface area contributed by atoms with Crippen molar-refractivity contribution in [2.24, 2.45) is 0 Å². The number of nitrogens with one attached hydrogen (secondary N) is 1. The summed E-state index contributed by atoms with van der Waals surface area (Å²) in [6.45, 7) is 0. The molecule has 106 valence electrons. The molecule has 0 fully saturated rings. The van der Waals surface area contributed by atoms with Gasteiger partial charge in [-0.25, -0.2) is 0 Å². The predicted molar refractivity (Wildman–Crippen MR) is 70.6 cm³/mol. The van der Waals surface area contributed by atoms with E-state index in [4.69, 9.17) is 0 Å². The van der Waals surface area contributed by atoms with Crippen molar-refractivity contribution in [1.29, 1.82) is 0 Å². The van der Waals surface area contributed by atoms with Crippen LogP contribution in [0.25, 0.3) is 22.0 Å². The van der Waals surface area contributed by atoms with E-state index in [2.05, 4.69) is 15.2 Å². The third-order valence-corrected chi connectivity index (χ3v) is 3.07. The van der Waals surface area contributed by atoms with Crippen LogP contribution < -0.4 is 5.56 Å². The zero-order chi connectivity index (χ0) is 15.0. The van der Waals surface area contributed by atoms with Crippen LogP contribution in [0.3, 0.4) is 0 Å². The number of fused-ring (bicyclic) bond motifs is 1. The topological polar surface area (TPSA) is 58.6 Å². The quantitative estimate of drug-likeness (QED) is 0.749. The van der Waals surface area contributed by atoms with Crippen LogP contribution in [0.5, 0.6) is 0 Å². The lowest BCUT2D eigenvalue weighted by Gasteiger charge is -2.09. The minimum Gasteiger partial charge on any atom is -0.328 e. The molecule has 0 unspecified atom stereocenters. The van der Waals surface area contributed by atoms with Gasteiger partial charge in [0.15, 0.2) is 0 Å². The summed E-state index contributed by atoms with van der Waals surface area (Å²) in [4.78, 5) is 13.4. The molecule has 2 heterocycles. The molecule has 1 aromatic carbocycles. The first-order chi connectivity index (χ1) is 9.97. The average molecular weight is 291 g/mol. The summed E-state index contributed by atoms with van der Waals surface area (Å²) < 4.78 is 38.4. The summed E-state index contributed by atoms with van der Waals surface area (Å²) in [5.41, 5.74) is -1.14. The van der Waals surface area contributed by atoms with Crippen molar-refractivity contribution in [3.63, 3.8) is 0 Å². The summed E-state index contributed by atoms with van der Waals surface area (Å²) in [5, 5.41) is 8.35. The standard InChI is InChI=1S/C14H8F3N3O/c15-14(16,17)11-5-8(6-18-13(11)21)10-7-19-20-12-4-2-1-3-9(10)12/h1-7H,(H,18,21). The molecular weight excluding hydrogens is 283 g/mol. The third kappa shape index (κ3) is 2.37. The molecule has 4 nitrogen and oxygen atoms in total. The van der Waals surface area contributed by atoms with Crippen molar-refractivity contribution < 1.29 is 13.2 Å². The van der Waals surface area contributed by atoms with E-state index in [0.717, 1.165) is 6.07 Å². The lowest BCUT2D eigenvalue weighted by molar-refractivity contribution is -0.138. The highest BCUT2D eigenvalue weighted by atomic mass is 19.4. The van der Waals surface area contributed by atoms with Crippen LogP contribution in [-0.2, 0) is 6.18 Å². The highest BCUT2D eigenvalue weighted by molar-refractivity contribution is 5.93. The first-order valence-corrected chi connectivity index (χ1v) is 5.97. The van der Waals surface area contributed by atoms with Crippen LogP contribution in [0, 0.1) is 0 Å². The van der Waals surface area contributed by atoms with Crippen molar-refractivity contribution >= 4 is 10.9 Å². The van der Waals surface area contributed by atoms with Crippen molar-refractivity contribution in [1.82, 2.24) is 15.2 Å². The Morgan fingerprint density at radius 3 is 2.67 bits per heavy atom. The Morgan fingerprint density at radius 2 is 1.90 bits per heavy atom. The molecule has 3 rings (SSSR count). The zero-order valence-electron chi connectivity index (χ0n) is 10.5. The minimum absolute atomic E-state index is 0.230. The maximum Gasteiger partial charge on any atom is 0.421 e. The van der Waals surface area contributed by atoms with Gasteiger partial charge in [0.05, 0.1) is 11.7 Å². The normalized spacial score (nSPS) is 11.8. The molecule has 0 saturated carbocycles. The Labute approximate surface area is 116 Å². The fourth-order valence-electron chi connectivity index (χ4n) is 2.09. The number of hydrogen-bond acceptors (Lipinski definition) is 3. The Balaban J connectivity index is 2.27. The van der Waals surface area contributed by atoms with E-state index >= 15 is 0 Å². The van der Waals surface area contributed by atoms with Gasteiger partial charge in [-0.05, 0) is 12.1 Å². The zero-order valence-corrected chi connectivity index (χ0v) is 10.5. The number of aromatic amines is 1. The summed E-state index contributed by atoms with van der Waals surface area (Å²) in [6, 6.07) is 7.78. The lowest BCUT2D eigenvalue weighted by Crippen LogP contribution is -2.21. The van der Waals surface area contributed by atoms with E-state index in [1.165, 1.54) is 12.4 Å². The fraction of sp³-hybridized carbons (Fsp3) is 0.0714. The Morgan fingerprint density at radius 1 is 1.14 bits per heavy atom. The van der Waals surface area contributed by atoms with Crippen LogP contribution in [0.4, 0.5) is 13.2 Å². The van der Waals surface area contributed by atoms with E-state index in [1.807, 2.05) is 0 Å². The molecular formula is C14H8F3N3O. The van der Waals surface area contributed by atoms with Crippen LogP contribution in [0.1, 0.15) is 5.56 Å². The largest absolute Gasteiger partial charge is 0.421 e. The van der Waals surface area contributed by atoms with Crippen LogP contribution in [0.15, 0.2) is 47.5 Å². The number of H-pyrrole nitrogens is 1. The van der Waals surface area contributed by atoms with E-state index in [-0.39, 0.29) is 5.56 Å². The van der Waals surface area contributed by atoms with Gasteiger partial charge in [0, 0.05) is 22.7 Å². The number of hydrogen-bond donors (Lipinski definition) is 1. The van der Waals surface area contributed by atoms with Gasteiger partial charge in [0.2, 0.25) is 0 Å². The molecule has 0 aliphatic carbocycles. The van der Waals surface area contributed by atoms with Crippen molar-refractivity contribution in [2.45, 2.75) is 6.18 Å². The van der Waals surface area contributed by atoms with E-state index < -0.39 is 17.3 Å². The molecule has 0 amide bonds. The fourth-order valence-corrected chi connectivity index (χ4v) is 2.09. The van der Waals surface area contributed by atoms with Crippen molar-refractivity contribution in [2.75, 3.05) is 0 Å². The monoisotopic (exact) mass is 291 g/mol. The maximum atomic E-state index is 12.8. The van der Waals surface area contributed by atoms with Gasteiger partial charge < -0.3 is 4.98 Å². The second-order valence-electron chi connectivity index (χ2n) is 4.40. The summed E-state index contributed by atoms with van der Waals surface area (Å²) in [6.07, 6.45) is -2.10. The van der Waals surface area contributed by atoms with Crippen molar-refractivity contribution in [3.8, 4) is 11.1 Å². The molecule has 0 radical (unpaired) electrons. The number of alkyl halides is 3. The first kappa shape index (κ1) is 13.3. The SMILES string of the molecule is O=c1[nH]cc(-c2cnnc3ccccc23)cc1C(F)(F)F. The van der Waals surface area contributed by atoms with Gasteiger partial charge in [0.1, 0.15) is 5.56 Å². The lowest BCUT2D eigenvalue weighted by atomic mass is 10.0. The van der Waals surface area contributed by atoms with Gasteiger partial charge in [-0.3, -0.25) is 4.79 Å². The average Bonchev–Trinajstić information content (AvgIpc) is 2.46. The molecule has 0 aliphatic rings. The molecule has 2 aromatic heterocycles. The highest BCUT2D eigenvalue weighted by Gasteiger charge is 2.34. The molecule has 0 atom stereocenters. The molecule has 0 saturated heterocycles. The summed E-state index contributed by atoms with van der Waals surface area (Å²) in [7, 11) is 0. The van der Waals surface area contributed by atoms with Gasteiger partial charge in [-0.2, -0.15) is 23.4 Å². The Bertz CT molecular complexity index is 866. The molecule has 3 aromatic rings.